The van der Waals surface area contributed by atoms with Crippen molar-refractivity contribution >= 4 is 46.4 Å². The monoisotopic (exact) mass is 506 g/mol. The molecule has 4 rings (SSSR count). The van der Waals surface area contributed by atoms with Crippen LogP contribution in [0.3, 0.4) is 0 Å². The lowest BCUT2D eigenvalue weighted by atomic mass is 9.87. The Balaban J connectivity index is 1.44. The highest BCUT2D eigenvalue weighted by molar-refractivity contribution is 6.35. The maximum absolute atomic E-state index is 12.7. The van der Waals surface area contributed by atoms with Crippen LogP contribution in [-0.4, -0.2) is 11.8 Å². The summed E-state index contributed by atoms with van der Waals surface area (Å²) in [6.07, 6.45) is 0. The Morgan fingerprint density at radius 3 is 2.09 bits per heavy atom. The van der Waals surface area contributed by atoms with Gasteiger partial charge in [-0.05, 0) is 71.6 Å². The highest BCUT2D eigenvalue weighted by atomic mass is 35.5. The molecule has 35 heavy (non-hydrogen) atoms. The fourth-order valence-electron chi connectivity index (χ4n) is 3.48. The molecule has 1 aromatic heterocycles. The van der Waals surface area contributed by atoms with Crippen LogP contribution >= 0.6 is 23.2 Å². The SMILES string of the molecule is CC(C)(C)c1ccc(C(=O)Nc2cccc(NC(=O)c3ccc(-c4cc(Cl)ccc4Cl)o3)c2)cc1. The topological polar surface area (TPSA) is 71.3 Å². The second-order valence-electron chi connectivity index (χ2n) is 9.10. The van der Waals surface area contributed by atoms with Gasteiger partial charge in [0.1, 0.15) is 5.76 Å². The third-order valence-electron chi connectivity index (χ3n) is 5.42. The number of hydrogen-bond donors (Lipinski definition) is 2. The highest BCUT2D eigenvalue weighted by Crippen LogP contribution is 2.32. The summed E-state index contributed by atoms with van der Waals surface area (Å²) in [5.74, 6) is -0.121. The quantitative estimate of drug-likeness (QED) is 0.287. The Bertz CT molecular complexity index is 1390. The van der Waals surface area contributed by atoms with Crippen molar-refractivity contribution < 1.29 is 14.0 Å². The predicted octanol–water partition coefficient (Wildman–Crippen LogP) is 8.06. The van der Waals surface area contributed by atoms with Gasteiger partial charge in [0.15, 0.2) is 5.76 Å². The second-order valence-corrected chi connectivity index (χ2v) is 9.95. The van der Waals surface area contributed by atoms with Gasteiger partial charge >= 0.3 is 0 Å². The number of nitrogens with one attached hydrogen (secondary N) is 2. The molecule has 7 heteroatoms. The molecule has 0 aliphatic carbocycles. The van der Waals surface area contributed by atoms with Crippen molar-refractivity contribution in [1.29, 1.82) is 0 Å². The van der Waals surface area contributed by atoms with Crippen LogP contribution in [-0.2, 0) is 5.41 Å². The van der Waals surface area contributed by atoms with E-state index in [9.17, 15) is 9.59 Å². The van der Waals surface area contributed by atoms with Crippen molar-refractivity contribution in [3.63, 3.8) is 0 Å². The minimum absolute atomic E-state index is 0.0106. The standard InChI is InChI=1S/C28H24Cl2N2O3/c1-28(2,3)18-9-7-17(8-10-18)26(33)31-20-5-4-6-21(16-20)32-27(34)25-14-13-24(35-25)22-15-19(29)11-12-23(22)30/h4-16H,1-3H3,(H,31,33)(H,32,34). The normalized spacial score (nSPS) is 11.2. The van der Waals surface area contributed by atoms with E-state index in [1.165, 1.54) is 0 Å². The van der Waals surface area contributed by atoms with E-state index in [1.54, 1.807) is 54.6 Å². The Kier molecular flexibility index (Phi) is 7.01. The summed E-state index contributed by atoms with van der Waals surface area (Å²) < 4.78 is 5.70. The molecule has 1 heterocycles. The van der Waals surface area contributed by atoms with E-state index in [-0.39, 0.29) is 17.1 Å². The molecular weight excluding hydrogens is 483 g/mol. The Labute approximate surface area is 214 Å². The number of benzene rings is 3. The van der Waals surface area contributed by atoms with E-state index < -0.39 is 5.91 Å². The summed E-state index contributed by atoms with van der Waals surface area (Å²) >= 11 is 12.3. The van der Waals surface area contributed by atoms with Crippen molar-refractivity contribution in [1.82, 2.24) is 0 Å². The molecule has 0 saturated heterocycles. The van der Waals surface area contributed by atoms with Crippen molar-refractivity contribution in [2.75, 3.05) is 10.6 Å². The zero-order chi connectivity index (χ0) is 25.2. The molecule has 3 aromatic carbocycles. The van der Waals surface area contributed by atoms with E-state index in [2.05, 4.69) is 31.4 Å². The smallest absolute Gasteiger partial charge is 0.291 e. The minimum Gasteiger partial charge on any atom is -0.451 e. The summed E-state index contributed by atoms with van der Waals surface area (Å²) in [6.45, 7) is 6.37. The van der Waals surface area contributed by atoms with Gasteiger partial charge in [-0.1, -0.05) is 62.2 Å². The average Bonchev–Trinajstić information content (AvgIpc) is 3.31. The van der Waals surface area contributed by atoms with Gasteiger partial charge in [-0.15, -0.1) is 0 Å². The first kappa shape index (κ1) is 24.6. The van der Waals surface area contributed by atoms with Crippen LogP contribution in [0, 0.1) is 0 Å². The van der Waals surface area contributed by atoms with Crippen LogP contribution in [0.4, 0.5) is 11.4 Å². The first-order chi connectivity index (χ1) is 16.6. The van der Waals surface area contributed by atoms with E-state index >= 15 is 0 Å². The van der Waals surface area contributed by atoms with Crippen LogP contribution in [0.2, 0.25) is 10.0 Å². The van der Waals surface area contributed by atoms with Crippen LogP contribution < -0.4 is 10.6 Å². The zero-order valence-electron chi connectivity index (χ0n) is 19.5. The lowest BCUT2D eigenvalue weighted by Crippen LogP contribution is -2.15. The summed E-state index contributed by atoms with van der Waals surface area (Å²) in [4.78, 5) is 25.4. The minimum atomic E-state index is -0.435. The van der Waals surface area contributed by atoms with E-state index in [0.717, 1.165) is 5.56 Å². The van der Waals surface area contributed by atoms with Crippen LogP contribution in [0.15, 0.2) is 83.3 Å². The van der Waals surface area contributed by atoms with Crippen molar-refractivity contribution in [2.45, 2.75) is 26.2 Å². The Hall–Kier alpha value is -3.54. The summed E-state index contributed by atoms with van der Waals surface area (Å²) in [5.41, 5.74) is 3.37. The molecule has 0 saturated carbocycles. The molecule has 0 aliphatic heterocycles. The van der Waals surface area contributed by atoms with Crippen molar-refractivity contribution in [2.24, 2.45) is 0 Å². The van der Waals surface area contributed by atoms with E-state index in [0.29, 0.717) is 38.3 Å². The molecule has 2 amide bonds. The third kappa shape index (κ3) is 5.94. The zero-order valence-corrected chi connectivity index (χ0v) is 21.0. The number of carbonyl (C=O) groups is 2. The molecule has 0 atom stereocenters. The summed E-state index contributed by atoms with van der Waals surface area (Å²) in [5, 5.41) is 6.62. The van der Waals surface area contributed by atoms with Gasteiger partial charge in [-0.3, -0.25) is 9.59 Å². The van der Waals surface area contributed by atoms with Gasteiger partial charge in [-0.25, -0.2) is 0 Å². The van der Waals surface area contributed by atoms with Crippen LogP contribution in [0.5, 0.6) is 0 Å². The molecule has 0 radical (unpaired) electrons. The number of anilines is 2. The number of rotatable bonds is 5. The van der Waals surface area contributed by atoms with Gasteiger partial charge in [-0.2, -0.15) is 0 Å². The first-order valence-corrected chi connectivity index (χ1v) is 11.7. The molecule has 178 valence electrons. The van der Waals surface area contributed by atoms with E-state index in [1.807, 2.05) is 24.3 Å². The molecule has 0 spiro atoms. The van der Waals surface area contributed by atoms with Gasteiger partial charge in [0, 0.05) is 27.5 Å². The largest absolute Gasteiger partial charge is 0.451 e. The lowest BCUT2D eigenvalue weighted by Gasteiger charge is -2.19. The van der Waals surface area contributed by atoms with Gasteiger partial charge < -0.3 is 15.1 Å². The Morgan fingerprint density at radius 2 is 1.43 bits per heavy atom. The molecule has 0 aliphatic rings. The maximum atomic E-state index is 12.7. The number of carbonyl (C=O) groups excluding carboxylic acids is 2. The Morgan fingerprint density at radius 1 is 0.771 bits per heavy atom. The van der Waals surface area contributed by atoms with Crippen molar-refractivity contribution in [3.05, 3.63) is 106 Å². The van der Waals surface area contributed by atoms with Crippen molar-refractivity contribution in [3.8, 4) is 11.3 Å². The summed E-state index contributed by atoms with van der Waals surface area (Å²) in [6, 6.07) is 22.7. The molecule has 5 nitrogen and oxygen atoms in total. The predicted molar refractivity (Wildman–Crippen MR) is 142 cm³/mol. The lowest BCUT2D eigenvalue weighted by molar-refractivity contribution is 0.0995. The average molecular weight is 507 g/mol. The fraction of sp³-hybridized carbons (Fsp3) is 0.143. The number of hydrogen-bond acceptors (Lipinski definition) is 3. The third-order valence-corrected chi connectivity index (χ3v) is 5.98. The van der Waals surface area contributed by atoms with Crippen LogP contribution in [0.1, 0.15) is 47.2 Å². The second kappa shape index (κ2) is 9.98. The van der Waals surface area contributed by atoms with Crippen LogP contribution in [0.25, 0.3) is 11.3 Å². The van der Waals surface area contributed by atoms with Gasteiger partial charge in [0.05, 0.1) is 5.02 Å². The van der Waals surface area contributed by atoms with Gasteiger partial charge in [0.2, 0.25) is 0 Å². The number of furan rings is 1. The summed E-state index contributed by atoms with van der Waals surface area (Å²) in [7, 11) is 0. The highest BCUT2D eigenvalue weighted by Gasteiger charge is 2.16. The van der Waals surface area contributed by atoms with Gasteiger partial charge in [0.25, 0.3) is 11.8 Å². The van der Waals surface area contributed by atoms with E-state index in [4.69, 9.17) is 27.6 Å². The molecule has 0 unspecified atom stereocenters. The molecule has 0 fully saturated rings. The molecule has 0 bridgehead atoms. The fourth-order valence-corrected chi connectivity index (χ4v) is 3.87. The molecular formula is C28H24Cl2N2O3. The molecule has 2 N–H and O–H groups in total. The first-order valence-electron chi connectivity index (χ1n) is 11.0. The number of halogens is 2. The molecule has 4 aromatic rings. The maximum Gasteiger partial charge on any atom is 0.291 e. The number of amides is 2.